The van der Waals surface area contributed by atoms with E-state index in [0.717, 1.165) is 18.5 Å². The summed E-state index contributed by atoms with van der Waals surface area (Å²) in [5, 5.41) is 0.961. The summed E-state index contributed by atoms with van der Waals surface area (Å²) in [6.07, 6.45) is 1.47. The van der Waals surface area contributed by atoms with Gasteiger partial charge in [0.25, 0.3) is 5.56 Å². The molecule has 0 aliphatic carbocycles. The summed E-state index contributed by atoms with van der Waals surface area (Å²) in [6.45, 7) is 6.88. The van der Waals surface area contributed by atoms with Crippen LogP contribution in [0.3, 0.4) is 0 Å². The van der Waals surface area contributed by atoms with Gasteiger partial charge in [-0.2, -0.15) is 0 Å². The van der Waals surface area contributed by atoms with Gasteiger partial charge in [-0.05, 0) is 58.6 Å². The molecule has 2 heterocycles. The molecule has 0 amide bonds. The highest BCUT2D eigenvalue weighted by Crippen LogP contribution is 2.32. The Morgan fingerprint density at radius 1 is 1.27 bits per heavy atom. The van der Waals surface area contributed by atoms with Crippen molar-refractivity contribution in [3.05, 3.63) is 56.7 Å². The van der Waals surface area contributed by atoms with Crippen LogP contribution in [0.15, 0.2) is 29.1 Å². The number of aryl methyl sites for hydroxylation is 2. The Bertz CT molecular complexity index is 1210. The van der Waals surface area contributed by atoms with E-state index in [2.05, 4.69) is 0 Å². The van der Waals surface area contributed by atoms with Crippen molar-refractivity contribution in [1.82, 2.24) is 19.0 Å². The summed E-state index contributed by atoms with van der Waals surface area (Å²) < 4.78 is 9.45. The summed E-state index contributed by atoms with van der Waals surface area (Å²) in [7, 11) is 5.74. The van der Waals surface area contributed by atoms with Gasteiger partial charge in [-0.25, -0.2) is 4.98 Å². The molecule has 1 aromatic carbocycles. The van der Waals surface area contributed by atoms with Gasteiger partial charge in [0, 0.05) is 24.9 Å². The number of hydrogen-bond acceptors (Lipinski definition) is 5. The molecule has 3 rings (SSSR count). The van der Waals surface area contributed by atoms with E-state index < -0.39 is 0 Å². The second-order valence-corrected chi connectivity index (χ2v) is 9.27. The van der Waals surface area contributed by atoms with Crippen molar-refractivity contribution < 1.29 is 9.53 Å². The lowest BCUT2D eigenvalue weighted by atomic mass is 10.1. The maximum atomic E-state index is 13.8. The molecule has 0 aliphatic heterocycles. The fraction of sp³-hybridized carbons (Fsp3) is 0.480. The number of carbonyl (C=O) groups excluding carboxylic acids is 1. The van der Waals surface area contributed by atoms with Crippen molar-refractivity contribution in [2.45, 2.75) is 52.7 Å². The summed E-state index contributed by atoms with van der Waals surface area (Å²) in [5.74, 6) is 0.931. The van der Waals surface area contributed by atoms with Crippen LogP contribution in [0.2, 0.25) is 5.02 Å². The summed E-state index contributed by atoms with van der Waals surface area (Å²) in [5.41, 5.74) is 1.58. The number of aromatic nitrogens is 3. The van der Waals surface area contributed by atoms with E-state index in [4.69, 9.17) is 21.3 Å². The number of ether oxygens (including phenoxy) is 1. The first-order valence-corrected chi connectivity index (χ1v) is 11.7. The van der Waals surface area contributed by atoms with Crippen LogP contribution in [0, 0.1) is 0 Å². The number of hydrogen-bond donors (Lipinski definition) is 0. The van der Waals surface area contributed by atoms with Crippen LogP contribution >= 0.6 is 11.6 Å². The minimum absolute atomic E-state index is 0.0492. The number of benzene rings is 1. The van der Waals surface area contributed by atoms with Gasteiger partial charge in [0.2, 0.25) is 0 Å². The van der Waals surface area contributed by atoms with Gasteiger partial charge in [0.05, 0.1) is 12.6 Å². The monoisotopic (exact) mass is 472 g/mol. The molecule has 0 radical (unpaired) electrons. The quantitative estimate of drug-likeness (QED) is 0.411. The third-order valence-electron chi connectivity index (χ3n) is 5.50. The summed E-state index contributed by atoms with van der Waals surface area (Å²) in [6, 6.07) is 7.43. The number of nitrogens with zero attached hydrogens (tertiary/aromatic N) is 4. The van der Waals surface area contributed by atoms with Crippen LogP contribution in [-0.2, 0) is 20.0 Å². The van der Waals surface area contributed by atoms with E-state index in [1.807, 2.05) is 58.0 Å². The predicted octanol–water partition coefficient (Wildman–Crippen LogP) is 4.31. The molecule has 3 aromatic rings. The fourth-order valence-corrected chi connectivity index (χ4v) is 4.21. The molecule has 0 saturated heterocycles. The highest BCUT2D eigenvalue weighted by molar-refractivity contribution is 6.30. The Morgan fingerprint density at radius 3 is 2.61 bits per heavy atom. The molecule has 7 nitrogen and oxygen atoms in total. The maximum absolute atomic E-state index is 13.8. The topological polar surface area (TPSA) is 69.4 Å². The SMILES string of the molecule is CCc1nc2c(c(OC(C)C)c(C(=O)CCCN(C)C)n2C)c(=O)n1Cc1cccc(Cl)c1. The van der Waals surface area contributed by atoms with Crippen LogP contribution in [0.25, 0.3) is 11.0 Å². The molecular weight excluding hydrogens is 440 g/mol. The standard InChI is InChI=1S/C25H33ClN4O3/c1-7-20-27-24-21(25(32)30(20)15-17-10-8-11-18(26)14-17)23(33-16(2)3)22(29(24)6)19(31)12-9-13-28(4)5/h8,10-11,14,16H,7,9,12-13,15H2,1-6H3. The minimum atomic E-state index is -0.213. The van der Waals surface area contributed by atoms with E-state index >= 15 is 0 Å². The minimum Gasteiger partial charge on any atom is -0.488 e. The lowest BCUT2D eigenvalue weighted by Gasteiger charge is -2.13. The first-order chi connectivity index (χ1) is 15.6. The molecule has 0 aliphatic rings. The maximum Gasteiger partial charge on any atom is 0.267 e. The zero-order valence-corrected chi connectivity index (χ0v) is 21.1. The molecule has 0 spiro atoms. The largest absolute Gasteiger partial charge is 0.488 e. The Hall–Kier alpha value is -2.64. The zero-order valence-electron chi connectivity index (χ0n) is 20.3. The van der Waals surface area contributed by atoms with Crippen LogP contribution in [0.4, 0.5) is 0 Å². The number of ketones is 1. The molecule has 178 valence electrons. The Balaban J connectivity index is 2.19. The van der Waals surface area contributed by atoms with E-state index in [-0.39, 0.29) is 17.4 Å². The molecule has 0 atom stereocenters. The van der Waals surface area contributed by atoms with Crippen molar-refractivity contribution in [3.63, 3.8) is 0 Å². The lowest BCUT2D eigenvalue weighted by Crippen LogP contribution is -2.26. The molecule has 8 heteroatoms. The molecule has 0 N–H and O–H groups in total. The van der Waals surface area contributed by atoms with Gasteiger partial charge in [0.15, 0.2) is 17.2 Å². The van der Waals surface area contributed by atoms with E-state index in [1.54, 1.807) is 22.2 Å². The van der Waals surface area contributed by atoms with Crippen LogP contribution in [0.1, 0.15) is 55.5 Å². The Morgan fingerprint density at radius 2 is 2.00 bits per heavy atom. The van der Waals surface area contributed by atoms with Crippen molar-refractivity contribution in [1.29, 1.82) is 0 Å². The van der Waals surface area contributed by atoms with Gasteiger partial charge in [-0.1, -0.05) is 30.7 Å². The predicted molar refractivity (Wildman–Crippen MR) is 133 cm³/mol. The summed E-state index contributed by atoms with van der Waals surface area (Å²) >= 11 is 6.16. The first-order valence-electron chi connectivity index (χ1n) is 11.3. The molecule has 2 aromatic heterocycles. The summed E-state index contributed by atoms with van der Waals surface area (Å²) in [4.78, 5) is 33.8. The zero-order chi connectivity index (χ0) is 24.3. The normalized spacial score (nSPS) is 11.7. The van der Waals surface area contributed by atoms with Gasteiger partial charge in [-0.15, -0.1) is 0 Å². The smallest absolute Gasteiger partial charge is 0.267 e. The average molecular weight is 473 g/mol. The molecule has 0 bridgehead atoms. The van der Waals surface area contributed by atoms with Crippen molar-refractivity contribution in [2.24, 2.45) is 7.05 Å². The van der Waals surface area contributed by atoms with Crippen molar-refractivity contribution in [2.75, 3.05) is 20.6 Å². The second kappa shape index (κ2) is 10.5. The Kier molecular flexibility index (Phi) is 7.97. The number of Topliss-reactive ketones (excluding diaryl/α,β-unsaturated/α-hetero) is 1. The average Bonchev–Trinajstić information content (AvgIpc) is 3.00. The van der Waals surface area contributed by atoms with Gasteiger partial charge < -0.3 is 14.2 Å². The number of fused-ring (bicyclic) bond motifs is 1. The molecule has 33 heavy (non-hydrogen) atoms. The number of halogens is 1. The molecule has 0 fully saturated rings. The van der Waals surface area contributed by atoms with Crippen LogP contribution in [-0.4, -0.2) is 51.5 Å². The Labute approximate surface area is 199 Å². The second-order valence-electron chi connectivity index (χ2n) is 8.83. The van der Waals surface area contributed by atoms with Gasteiger partial charge >= 0.3 is 0 Å². The number of rotatable bonds is 10. The third-order valence-corrected chi connectivity index (χ3v) is 5.73. The molecule has 0 saturated carbocycles. The van der Waals surface area contributed by atoms with Crippen LogP contribution < -0.4 is 10.3 Å². The van der Waals surface area contributed by atoms with Crippen molar-refractivity contribution in [3.8, 4) is 5.75 Å². The highest BCUT2D eigenvalue weighted by atomic mass is 35.5. The van der Waals surface area contributed by atoms with E-state index in [1.165, 1.54) is 0 Å². The number of carbonyl (C=O) groups is 1. The molecular formula is C25H33ClN4O3. The van der Waals surface area contributed by atoms with Gasteiger partial charge in [0.1, 0.15) is 16.9 Å². The molecule has 0 unspecified atom stereocenters. The van der Waals surface area contributed by atoms with Gasteiger partial charge in [-0.3, -0.25) is 14.2 Å². The lowest BCUT2D eigenvalue weighted by molar-refractivity contribution is 0.0963. The van der Waals surface area contributed by atoms with Crippen molar-refractivity contribution >= 4 is 28.4 Å². The third kappa shape index (κ3) is 5.47. The van der Waals surface area contributed by atoms with E-state index in [9.17, 15) is 9.59 Å². The van der Waals surface area contributed by atoms with E-state index in [0.29, 0.717) is 52.7 Å². The first kappa shape index (κ1) is 25.0. The fourth-order valence-electron chi connectivity index (χ4n) is 3.99. The van der Waals surface area contributed by atoms with Crippen LogP contribution in [0.5, 0.6) is 5.75 Å². The highest BCUT2D eigenvalue weighted by Gasteiger charge is 2.27.